The van der Waals surface area contributed by atoms with Crippen LogP contribution in [0.3, 0.4) is 0 Å². The molecule has 3 amide bonds. The molecule has 1 unspecified atom stereocenters. The van der Waals surface area contributed by atoms with E-state index in [1.807, 2.05) is 0 Å². The molecule has 0 heterocycles. The Morgan fingerprint density at radius 1 is 0.825 bits per heavy atom. The quantitative estimate of drug-likeness (QED) is 0.148. The standard InChI is InChI=1S/C31H25ClFN3O3S/c1-20(29(37)35-27-14-8-6-12-25(27)32)40-24-17-15-23(16-18-24)34-31(39)28(19-22-11-5-7-13-26(22)33)36-30(38)21-9-3-2-4-10-21/h2-20H,1H3,(H,34,39)(H,35,37)(H,36,38)/b28-19-. The molecule has 40 heavy (non-hydrogen) atoms. The molecule has 0 spiro atoms. The van der Waals surface area contributed by atoms with E-state index in [1.54, 1.807) is 91.9 Å². The van der Waals surface area contributed by atoms with Gasteiger partial charge in [-0.3, -0.25) is 14.4 Å². The third kappa shape index (κ3) is 7.81. The van der Waals surface area contributed by atoms with Crippen LogP contribution in [-0.4, -0.2) is 23.0 Å². The van der Waals surface area contributed by atoms with Gasteiger partial charge in [0.05, 0.1) is 16.0 Å². The SMILES string of the molecule is CC(Sc1ccc(NC(=O)/C(=C/c2ccccc2F)NC(=O)c2ccccc2)cc1)C(=O)Nc1ccccc1Cl. The minimum atomic E-state index is -0.625. The van der Waals surface area contributed by atoms with Crippen LogP contribution >= 0.6 is 23.4 Å². The van der Waals surface area contributed by atoms with Crippen molar-refractivity contribution in [3.05, 3.63) is 131 Å². The lowest BCUT2D eigenvalue weighted by atomic mass is 10.1. The number of carbonyl (C=O) groups is 3. The van der Waals surface area contributed by atoms with E-state index in [1.165, 1.54) is 36.0 Å². The fourth-order valence-electron chi connectivity index (χ4n) is 3.56. The zero-order valence-electron chi connectivity index (χ0n) is 21.4. The predicted octanol–water partition coefficient (Wildman–Crippen LogP) is 7.01. The van der Waals surface area contributed by atoms with Crippen LogP contribution in [-0.2, 0) is 9.59 Å². The summed E-state index contributed by atoms with van der Waals surface area (Å²) in [7, 11) is 0. The third-order valence-corrected chi connectivity index (χ3v) is 7.10. The van der Waals surface area contributed by atoms with Gasteiger partial charge in [0, 0.05) is 21.7 Å². The smallest absolute Gasteiger partial charge is 0.272 e. The van der Waals surface area contributed by atoms with Crippen molar-refractivity contribution in [2.45, 2.75) is 17.1 Å². The lowest BCUT2D eigenvalue weighted by molar-refractivity contribution is -0.115. The van der Waals surface area contributed by atoms with Crippen molar-refractivity contribution in [1.29, 1.82) is 0 Å². The monoisotopic (exact) mass is 573 g/mol. The number of hydrogen-bond donors (Lipinski definition) is 3. The number of amides is 3. The number of nitrogens with one attached hydrogen (secondary N) is 3. The molecule has 1 atom stereocenters. The maximum absolute atomic E-state index is 14.3. The summed E-state index contributed by atoms with van der Waals surface area (Å²) in [5.74, 6) is -1.86. The zero-order chi connectivity index (χ0) is 28.5. The van der Waals surface area contributed by atoms with Gasteiger partial charge in [-0.25, -0.2) is 4.39 Å². The molecule has 3 N–H and O–H groups in total. The summed E-state index contributed by atoms with van der Waals surface area (Å²) in [6, 6.07) is 28.2. The Hall–Kier alpha value is -4.40. The molecule has 4 aromatic rings. The van der Waals surface area contributed by atoms with Crippen molar-refractivity contribution in [1.82, 2.24) is 5.32 Å². The van der Waals surface area contributed by atoms with E-state index in [2.05, 4.69) is 16.0 Å². The van der Waals surface area contributed by atoms with Gasteiger partial charge in [-0.2, -0.15) is 0 Å². The Kier molecular flexibility index (Phi) is 9.72. The summed E-state index contributed by atoms with van der Waals surface area (Å²) in [5, 5.41) is 8.18. The highest BCUT2D eigenvalue weighted by Crippen LogP contribution is 2.27. The number of rotatable bonds is 9. The van der Waals surface area contributed by atoms with Crippen LogP contribution in [0.15, 0.2) is 114 Å². The van der Waals surface area contributed by atoms with Gasteiger partial charge in [0.2, 0.25) is 5.91 Å². The molecule has 0 fully saturated rings. The summed E-state index contributed by atoms with van der Waals surface area (Å²) >= 11 is 7.47. The molecule has 0 saturated heterocycles. The van der Waals surface area contributed by atoms with Crippen molar-refractivity contribution < 1.29 is 18.8 Å². The molecule has 4 rings (SSSR count). The number of carbonyl (C=O) groups excluding carboxylic acids is 3. The Labute approximate surface area is 240 Å². The first-order valence-corrected chi connectivity index (χ1v) is 13.5. The highest BCUT2D eigenvalue weighted by molar-refractivity contribution is 8.00. The highest BCUT2D eigenvalue weighted by atomic mass is 35.5. The van der Waals surface area contributed by atoms with Gasteiger partial charge in [-0.05, 0) is 67.6 Å². The first-order valence-electron chi connectivity index (χ1n) is 12.3. The van der Waals surface area contributed by atoms with Crippen molar-refractivity contribution in [3.63, 3.8) is 0 Å². The number of halogens is 2. The van der Waals surface area contributed by atoms with Gasteiger partial charge in [-0.1, -0.05) is 60.1 Å². The number of benzene rings is 4. The van der Waals surface area contributed by atoms with Crippen LogP contribution in [0.2, 0.25) is 5.02 Å². The fraction of sp³-hybridized carbons (Fsp3) is 0.0645. The van der Waals surface area contributed by atoms with Gasteiger partial charge >= 0.3 is 0 Å². The second kappa shape index (κ2) is 13.6. The van der Waals surface area contributed by atoms with E-state index in [0.29, 0.717) is 22.0 Å². The second-order valence-corrected chi connectivity index (χ2v) is 10.4. The fourth-order valence-corrected chi connectivity index (χ4v) is 4.61. The van der Waals surface area contributed by atoms with E-state index in [9.17, 15) is 18.8 Å². The lowest BCUT2D eigenvalue weighted by Crippen LogP contribution is -2.30. The molecule has 0 bridgehead atoms. The average molecular weight is 574 g/mol. The first-order chi connectivity index (χ1) is 19.3. The molecule has 0 aliphatic carbocycles. The minimum absolute atomic E-state index is 0.123. The molecule has 4 aromatic carbocycles. The molecule has 9 heteroatoms. The van der Waals surface area contributed by atoms with Crippen molar-refractivity contribution >= 4 is 58.5 Å². The van der Waals surface area contributed by atoms with Gasteiger partial charge in [-0.15, -0.1) is 11.8 Å². The van der Waals surface area contributed by atoms with E-state index in [0.717, 1.165) is 4.90 Å². The maximum atomic E-state index is 14.3. The molecule has 0 saturated carbocycles. The second-order valence-electron chi connectivity index (χ2n) is 8.61. The molecule has 0 aliphatic rings. The number of anilines is 2. The van der Waals surface area contributed by atoms with Crippen LogP contribution in [0.5, 0.6) is 0 Å². The van der Waals surface area contributed by atoms with Crippen LogP contribution in [0, 0.1) is 5.82 Å². The average Bonchev–Trinajstić information content (AvgIpc) is 2.96. The van der Waals surface area contributed by atoms with Crippen LogP contribution < -0.4 is 16.0 Å². The van der Waals surface area contributed by atoms with Crippen molar-refractivity contribution in [2.75, 3.05) is 10.6 Å². The number of thioether (sulfide) groups is 1. The van der Waals surface area contributed by atoms with E-state index >= 15 is 0 Å². The molecular weight excluding hydrogens is 549 g/mol. The lowest BCUT2D eigenvalue weighted by Gasteiger charge is -2.14. The topological polar surface area (TPSA) is 87.3 Å². The van der Waals surface area contributed by atoms with Crippen LogP contribution in [0.25, 0.3) is 6.08 Å². The van der Waals surface area contributed by atoms with Crippen LogP contribution in [0.4, 0.5) is 15.8 Å². The van der Waals surface area contributed by atoms with Gasteiger partial charge in [0.15, 0.2) is 0 Å². The van der Waals surface area contributed by atoms with Crippen molar-refractivity contribution in [3.8, 4) is 0 Å². The zero-order valence-corrected chi connectivity index (χ0v) is 22.9. The van der Waals surface area contributed by atoms with E-state index in [-0.39, 0.29) is 17.2 Å². The Balaban J connectivity index is 1.44. The largest absolute Gasteiger partial charge is 0.324 e. The molecule has 0 aliphatic heterocycles. The molecule has 202 valence electrons. The Morgan fingerprint density at radius 3 is 2.17 bits per heavy atom. The van der Waals surface area contributed by atoms with Crippen LogP contribution in [0.1, 0.15) is 22.8 Å². The molecule has 0 aromatic heterocycles. The summed E-state index contributed by atoms with van der Waals surface area (Å²) in [5.41, 5.74) is 1.37. The van der Waals surface area contributed by atoms with Gasteiger partial charge < -0.3 is 16.0 Å². The summed E-state index contributed by atoms with van der Waals surface area (Å²) < 4.78 is 14.3. The summed E-state index contributed by atoms with van der Waals surface area (Å²) in [4.78, 5) is 39.3. The number of hydrogen-bond acceptors (Lipinski definition) is 4. The number of para-hydroxylation sites is 1. The normalized spacial score (nSPS) is 11.8. The predicted molar refractivity (Wildman–Crippen MR) is 159 cm³/mol. The molecule has 0 radical (unpaired) electrons. The summed E-state index contributed by atoms with van der Waals surface area (Å²) in [6.45, 7) is 1.78. The van der Waals surface area contributed by atoms with Gasteiger partial charge in [0.25, 0.3) is 11.8 Å². The highest BCUT2D eigenvalue weighted by Gasteiger charge is 2.18. The first kappa shape index (κ1) is 28.6. The maximum Gasteiger partial charge on any atom is 0.272 e. The molecule has 6 nitrogen and oxygen atoms in total. The Bertz CT molecular complexity index is 1550. The molecular formula is C31H25ClFN3O3S. The third-order valence-electron chi connectivity index (χ3n) is 5.66. The summed E-state index contributed by atoms with van der Waals surface area (Å²) in [6.07, 6.45) is 1.29. The van der Waals surface area contributed by atoms with Gasteiger partial charge in [0.1, 0.15) is 11.5 Å². The van der Waals surface area contributed by atoms with E-state index < -0.39 is 22.9 Å². The van der Waals surface area contributed by atoms with E-state index in [4.69, 9.17) is 11.6 Å². The minimum Gasteiger partial charge on any atom is -0.324 e. The van der Waals surface area contributed by atoms with Crippen molar-refractivity contribution in [2.24, 2.45) is 0 Å². The Morgan fingerprint density at radius 2 is 1.48 bits per heavy atom.